The van der Waals surface area contributed by atoms with Crippen LogP contribution in [-0.2, 0) is 4.79 Å². The molecule has 0 heterocycles. The van der Waals surface area contributed by atoms with Crippen molar-refractivity contribution in [1.82, 2.24) is 5.32 Å². The number of amides is 1. The molecule has 6 heteroatoms. The molecule has 0 aromatic heterocycles. The number of hydrogen-bond donors (Lipinski definition) is 2. The van der Waals surface area contributed by atoms with E-state index in [2.05, 4.69) is 5.32 Å². The normalized spacial score (nSPS) is 28.2. The highest BCUT2D eigenvalue weighted by atomic mass is 19.4. The minimum Gasteiger partial charge on any atom is -0.356 e. The van der Waals surface area contributed by atoms with Gasteiger partial charge in [0.15, 0.2) is 0 Å². The van der Waals surface area contributed by atoms with E-state index in [4.69, 9.17) is 5.73 Å². The molecule has 0 saturated heterocycles. The van der Waals surface area contributed by atoms with Crippen molar-refractivity contribution >= 4 is 5.91 Å². The van der Waals surface area contributed by atoms with Crippen molar-refractivity contribution in [2.45, 2.75) is 57.7 Å². The van der Waals surface area contributed by atoms with Crippen LogP contribution in [0.15, 0.2) is 0 Å². The topological polar surface area (TPSA) is 55.1 Å². The van der Waals surface area contributed by atoms with E-state index < -0.39 is 12.6 Å². The second kappa shape index (κ2) is 7.12. The maximum atomic E-state index is 11.9. The lowest BCUT2D eigenvalue weighted by molar-refractivity contribution is -0.135. The average molecular weight is 280 g/mol. The Morgan fingerprint density at radius 2 is 2.00 bits per heavy atom. The van der Waals surface area contributed by atoms with Crippen LogP contribution in [-0.4, -0.2) is 24.7 Å². The van der Waals surface area contributed by atoms with Gasteiger partial charge in [-0.05, 0) is 38.0 Å². The van der Waals surface area contributed by atoms with Crippen LogP contribution in [0.4, 0.5) is 13.2 Å². The lowest BCUT2D eigenvalue weighted by Gasteiger charge is -2.31. The lowest BCUT2D eigenvalue weighted by atomic mass is 9.78. The van der Waals surface area contributed by atoms with E-state index in [1.807, 2.05) is 6.92 Å². The first-order valence-electron chi connectivity index (χ1n) is 6.89. The fraction of sp³-hybridized carbons (Fsp3) is 0.923. The summed E-state index contributed by atoms with van der Waals surface area (Å²) in [5.41, 5.74) is 5.83. The number of halogens is 3. The van der Waals surface area contributed by atoms with Crippen LogP contribution in [0.2, 0.25) is 0 Å². The highest BCUT2D eigenvalue weighted by Gasteiger charge is 2.30. The molecule has 0 bridgehead atoms. The van der Waals surface area contributed by atoms with E-state index in [0.29, 0.717) is 13.0 Å². The predicted octanol–water partition coefficient (Wildman–Crippen LogP) is 2.60. The molecule has 1 aliphatic carbocycles. The fourth-order valence-corrected chi connectivity index (χ4v) is 2.62. The highest BCUT2D eigenvalue weighted by molar-refractivity contribution is 5.79. The molecular weight excluding hydrogens is 257 g/mol. The molecule has 19 heavy (non-hydrogen) atoms. The number of hydrogen-bond acceptors (Lipinski definition) is 2. The van der Waals surface area contributed by atoms with Crippen LogP contribution in [0.1, 0.15) is 45.4 Å². The number of alkyl halides is 3. The van der Waals surface area contributed by atoms with Crippen LogP contribution in [0, 0.1) is 11.8 Å². The third kappa shape index (κ3) is 6.27. The van der Waals surface area contributed by atoms with Crippen molar-refractivity contribution < 1.29 is 18.0 Å². The van der Waals surface area contributed by atoms with Gasteiger partial charge in [0.1, 0.15) is 0 Å². The van der Waals surface area contributed by atoms with E-state index >= 15 is 0 Å². The van der Waals surface area contributed by atoms with Gasteiger partial charge in [0.25, 0.3) is 0 Å². The van der Waals surface area contributed by atoms with Crippen molar-refractivity contribution in [3.05, 3.63) is 0 Å². The molecule has 1 fully saturated rings. The van der Waals surface area contributed by atoms with Crippen molar-refractivity contribution in [3.63, 3.8) is 0 Å². The monoisotopic (exact) mass is 280 g/mol. The van der Waals surface area contributed by atoms with E-state index in [9.17, 15) is 18.0 Å². The molecule has 3 unspecified atom stereocenters. The minimum atomic E-state index is -4.10. The largest absolute Gasteiger partial charge is 0.389 e. The average Bonchev–Trinajstić information content (AvgIpc) is 2.26. The maximum absolute atomic E-state index is 11.9. The number of rotatable bonds is 5. The van der Waals surface area contributed by atoms with Gasteiger partial charge in [-0.1, -0.05) is 6.92 Å². The number of carbonyl (C=O) groups excluding carboxylic acids is 1. The molecule has 1 saturated carbocycles. The molecule has 3 N–H and O–H groups in total. The molecule has 1 rings (SSSR count). The molecule has 0 aromatic rings. The molecule has 0 spiro atoms. The second-order valence-electron chi connectivity index (χ2n) is 5.52. The molecule has 1 aliphatic rings. The van der Waals surface area contributed by atoms with Gasteiger partial charge in [0, 0.05) is 24.9 Å². The van der Waals surface area contributed by atoms with E-state index in [0.717, 1.165) is 19.3 Å². The number of nitrogens with one attached hydrogen (secondary N) is 1. The Morgan fingerprint density at radius 3 is 2.58 bits per heavy atom. The Hall–Kier alpha value is -0.780. The summed E-state index contributed by atoms with van der Waals surface area (Å²) in [6.45, 7) is 2.33. The van der Waals surface area contributed by atoms with Gasteiger partial charge in [-0.15, -0.1) is 0 Å². The second-order valence-corrected chi connectivity index (χ2v) is 5.52. The molecule has 0 aliphatic heterocycles. The standard InChI is InChI=1S/C13H23F3N2O/c1-9-8-10(17)4-5-11(9)12(19)18-7-3-2-6-13(14,15)16/h9-11H,2-8,17H2,1H3,(H,18,19). The summed E-state index contributed by atoms with van der Waals surface area (Å²) in [5, 5.41) is 2.74. The summed E-state index contributed by atoms with van der Waals surface area (Å²) in [7, 11) is 0. The van der Waals surface area contributed by atoms with Gasteiger partial charge in [0.05, 0.1) is 0 Å². The first kappa shape index (κ1) is 16.3. The molecule has 1 amide bonds. The summed E-state index contributed by atoms with van der Waals surface area (Å²) in [6.07, 6.45) is -1.99. The molecule has 3 atom stereocenters. The zero-order valence-electron chi connectivity index (χ0n) is 11.3. The first-order valence-corrected chi connectivity index (χ1v) is 6.89. The minimum absolute atomic E-state index is 0.0357. The van der Waals surface area contributed by atoms with Crippen LogP contribution >= 0.6 is 0 Å². The third-order valence-electron chi connectivity index (χ3n) is 3.73. The van der Waals surface area contributed by atoms with Crippen LogP contribution < -0.4 is 11.1 Å². The first-order chi connectivity index (χ1) is 8.79. The van der Waals surface area contributed by atoms with Gasteiger partial charge in [-0.2, -0.15) is 13.2 Å². The molecular formula is C13H23F3N2O. The van der Waals surface area contributed by atoms with Crippen molar-refractivity contribution in [2.24, 2.45) is 17.6 Å². The zero-order chi connectivity index (χ0) is 14.5. The summed E-state index contributed by atoms with van der Waals surface area (Å²) in [6, 6.07) is 0.172. The van der Waals surface area contributed by atoms with Crippen LogP contribution in [0.5, 0.6) is 0 Å². The summed E-state index contributed by atoms with van der Waals surface area (Å²) in [4.78, 5) is 11.9. The Morgan fingerprint density at radius 1 is 1.32 bits per heavy atom. The summed E-state index contributed by atoms with van der Waals surface area (Å²) >= 11 is 0. The third-order valence-corrected chi connectivity index (χ3v) is 3.73. The molecule has 112 valence electrons. The zero-order valence-corrected chi connectivity index (χ0v) is 11.3. The molecule has 0 aromatic carbocycles. The molecule has 3 nitrogen and oxygen atoms in total. The van der Waals surface area contributed by atoms with E-state index in [1.165, 1.54) is 0 Å². The van der Waals surface area contributed by atoms with Crippen LogP contribution in [0.25, 0.3) is 0 Å². The quantitative estimate of drug-likeness (QED) is 0.761. The van der Waals surface area contributed by atoms with Crippen molar-refractivity contribution in [2.75, 3.05) is 6.54 Å². The summed E-state index contributed by atoms with van der Waals surface area (Å²) in [5.74, 6) is 0.174. The Kier molecular flexibility index (Phi) is 6.10. The SMILES string of the molecule is CC1CC(N)CCC1C(=O)NCCCCC(F)(F)F. The van der Waals surface area contributed by atoms with E-state index in [1.54, 1.807) is 0 Å². The lowest BCUT2D eigenvalue weighted by Crippen LogP contribution is -2.41. The Labute approximate surface area is 112 Å². The predicted molar refractivity (Wildman–Crippen MR) is 67.4 cm³/mol. The Balaban J connectivity index is 2.17. The maximum Gasteiger partial charge on any atom is 0.389 e. The smallest absolute Gasteiger partial charge is 0.356 e. The van der Waals surface area contributed by atoms with E-state index in [-0.39, 0.29) is 30.2 Å². The van der Waals surface area contributed by atoms with Gasteiger partial charge < -0.3 is 11.1 Å². The summed E-state index contributed by atoms with van der Waals surface area (Å²) < 4.78 is 35.8. The van der Waals surface area contributed by atoms with Gasteiger partial charge in [0.2, 0.25) is 5.91 Å². The number of unbranched alkanes of at least 4 members (excludes halogenated alkanes) is 1. The van der Waals surface area contributed by atoms with Crippen molar-refractivity contribution in [3.8, 4) is 0 Å². The Bertz CT molecular complexity index is 294. The van der Waals surface area contributed by atoms with Gasteiger partial charge in [-0.3, -0.25) is 4.79 Å². The fourth-order valence-electron chi connectivity index (χ4n) is 2.62. The number of carbonyl (C=O) groups is 1. The molecule has 0 radical (unpaired) electrons. The number of nitrogens with two attached hydrogens (primary N) is 1. The van der Waals surface area contributed by atoms with Crippen LogP contribution in [0.3, 0.4) is 0 Å². The highest BCUT2D eigenvalue weighted by Crippen LogP contribution is 2.29. The van der Waals surface area contributed by atoms with Crippen molar-refractivity contribution in [1.29, 1.82) is 0 Å². The van der Waals surface area contributed by atoms with Gasteiger partial charge in [-0.25, -0.2) is 0 Å². The van der Waals surface area contributed by atoms with Gasteiger partial charge >= 0.3 is 6.18 Å².